The number of Topliss-reactive ketones (excluding diaryl/α,β-unsaturated/α-hetero) is 1. The van der Waals surface area contributed by atoms with Gasteiger partial charge >= 0.3 is 0 Å². The molecule has 5 rings (SSSR count). The second-order valence-electron chi connectivity index (χ2n) is 8.68. The lowest BCUT2D eigenvalue weighted by molar-refractivity contribution is 0.107. The van der Waals surface area contributed by atoms with E-state index in [0.717, 1.165) is 21.6 Å². The van der Waals surface area contributed by atoms with Crippen LogP contribution in [0.5, 0.6) is 0 Å². The van der Waals surface area contributed by atoms with Crippen molar-refractivity contribution >= 4 is 68.4 Å². The van der Waals surface area contributed by atoms with Crippen LogP contribution >= 0.6 is 30.7 Å². The number of hydrogen-bond acceptors (Lipinski definition) is 2. The molecule has 0 heterocycles. The lowest BCUT2D eigenvalue weighted by Gasteiger charge is -2.33. The SMILES string of the molecule is O=C(C(C(=S)Nc1ccc(Cl)cc1)=P(c1ccccc1)(c1ccccc1)c1ccccc1)c1ccccc1. The number of benzene rings is 5. The average molecular weight is 550 g/mol. The van der Waals surface area contributed by atoms with Crippen molar-refractivity contribution in [1.82, 2.24) is 0 Å². The second kappa shape index (κ2) is 11.8. The number of hydrogen-bond donors (Lipinski definition) is 1. The number of carbonyl (C=O) groups excluding carboxylic acids is 1. The first-order chi connectivity index (χ1) is 18.6. The van der Waals surface area contributed by atoms with Gasteiger partial charge in [-0.2, -0.15) is 0 Å². The first-order valence-electron chi connectivity index (χ1n) is 12.2. The summed E-state index contributed by atoms with van der Waals surface area (Å²) in [6, 6.07) is 47.5. The molecule has 0 bridgehead atoms. The smallest absolute Gasteiger partial charge is 0.197 e. The van der Waals surface area contributed by atoms with E-state index < -0.39 is 6.89 Å². The van der Waals surface area contributed by atoms with Gasteiger partial charge in [-0.05, 0) is 47.1 Å². The molecule has 5 aromatic rings. The Morgan fingerprint density at radius 2 is 0.974 bits per heavy atom. The lowest BCUT2D eigenvalue weighted by atomic mass is 10.1. The van der Waals surface area contributed by atoms with Gasteiger partial charge < -0.3 is 5.32 Å². The Balaban J connectivity index is 1.93. The van der Waals surface area contributed by atoms with E-state index in [2.05, 4.69) is 41.7 Å². The zero-order chi connectivity index (χ0) is 26.4. The predicted molar refractivity (Wildman–Crippen MR) is 169 cm³/mol. The van der Waals surface area contributed by atoms with Crippen molar-refractivity contribution in [2.75, 3.05) is 5.32 Å². The molecule has 0 aliphatic heterocycles. The van der Waals surface area contributed by atoms with Crippen LogP contribution in [0.2, 0.25) is 5.02 Å². The van der Waals surface area contributed by atoms with Gasteiger partial charge in [0.1, 0.15) is 4.99 Å². The van der Waals surface area contributed by atoms with Gasteiger partial charge in [0.05, 0.1) is 5.29 Å². The molecule has 2 nitrogen and oxygen atoms in total. The minimum absolute atomic E-state index is 0.0954. The zero-order valence-corrected chi connectivity index (χ0v) is 23.0. The van der Waals surface area contributed by atoms with E-state index in [9.17, 15) is 4.79 Å². The summed E-state index contributed by atoms with van der Waals surface area (Å²) in [6.07, 6.45) is 0. The summed E-state index contributed by atoms with van der Waals surface area (Å²) in [6.45, 7) is -2.75. The lowest BCUT2D eigenvalue weighted by Crippen LogP contribution is -2.39. The highest BCUT2D eigenvalue weighted by Crippen LogP contribution is 2.47. The number of halogens is 1. The van der Waals surface area contributed by atoms with E-state index in [0.29, 0.717) is 20.9 Å². The Hall–Kier alpha value is -3.75. The van der Waals surface area contributed by atoms with Crippen molar-refractivity contribution < 1.29 is 4.79 Å². The molecule has 0 saturated carbocycles. The Labute approximate surface area is 233 Å². The normalized spacial score (nSPS) is 11.0. The average Bonchev–Trinajstić information content (AvgIpc) is 2.98. The van der Waals surface area contributed by atoms with Gasteiger partial charge in [0.2, 0.25) is 0 Å². The first-order valence-corrected chi connectivity index (χ1v) is 14.8. The van der Waals surface area contributed by atoms with E-state index >= 15 is 0 Å². The molecule has 186 valence electrons. The van der Waals surface area contributed by atoms with Crippen LogP contribution in [0.1, 0.15) is 10.4 Å². The topological polar surface area (TPSA) is 29.1 Å². The van der Waals surface area contributed by atoms with Crippen LogP contribution in [0.25, 0.3) is 0 Å². The van der Waals surface area contributed by atoms with Crippen molar-refractivity contribution in [1.29, 1.82) is 0 Å². The van der Waals surface area contributed by atoms with Crippen LogP contribution in [-0.4, -0.2) is 16.1 Å². The molecule has 0 radical (unpaired) electrons. The fourth-order valence-corrected chi connectivity index (χ4v) is 9.72. The van der Waals surface area contributed by atoms with E-state index in [-0.39, 0.29) is 5.78 Å². The van der Waals surface area contributed by atoms with Gasteiger partial charge in [-0.1, -0.05) is 145 Å². The summed E-state index contributed by atoms with van der Waals surface area (Å²) in [7, 11) is 0. The van der Waals surface area contributed by atoms with E-state index in [4.69, 9.17) is 23.8 Å². The first kappa shape index (κ1) is 25.9. The maximum absolute atomic E-state index is 14.6. The highest BCUT2D eigenvalue weighted by atomic mass is 35.5. The van der Waals surface area contributed by atoms with Gasteiger partial charge in [0.25, 0.3) is 0 Å². The maximum Gasteiger partial charge on any atom is 0.197 e. The fourth-order valence-electron chi connectivity index (χ4n) is 4.65. The summed E-state index contributed by atoms with van der Waals surface area (Å²) in [5.74, 6) is -0.0954. The molecule has 0 aliphatic rings. The third kappa shape index (κ3) is 5.14. The van der Waals surface area contributed by atoms with Gasteiger partial charge in [-0.25, -0.2) is 0 Å². The monoisotopic (exact) mass is 549 g/mol. The van der Waals surface area contributed by atoms with E-state index in [1.54, 1.807) is 12.1 Å². The highest BCUT2D eigenvalue weighted by molar-refractivity contribution is 8.00. The number of rotatable bonds is 7. The summed E-state index contributed by atoms with van der Waals surface area (Å²) < 4.78 is 0. The molecule has 0 unspecified atom stereocenters. The van der Waals surface area contributed by atoms with Gasteiger partial charge in [0.15, 0.2) is 5.78 Å². The molecule has 5 heteroatoms. The van der Waals surface area contributed by atoms with Crippen molar-refractivity contribution in [3.63, 3.8) is 0 Å². The molecular weight excluding hydrogens is 525 g/mol. The standard InChI is InChI=1S/C33H25ClNOPS/c34-26-21-23-27(24-22-26)35-33(38)32(31(36)25-13-5-1-6-14-25)37(28-15-7-2-8-16-28,29-17-9-3-10-18-29)30-19-11-4-12-20-30/h1-24H,(H,35,38). The largest absolute Gasteiger partial charge is 0.346 e. The minimum atomic E-state index is -2.75. The van der Waals surface area contributed by atoms with Crippen molar-refractivity contribution in [3.8, 4) is 0 Å². The van der Waals surface area contributed by atoms with Crippen LogP contribution in [-0.2, 0) is 0 Å². The molecule has 0 atom stereocenters. The molecular formula is C33H25ClNOPS. The molecule has 0 amide bonds. The third-order valence-electron chi connectivity index (χ3n) is 6.33. The molecule has 0 aliphatic carbocycles. The van der Waals surface area contributed by atoms with Crippen LogP contribution in [0, 0.1) is 0 Å². The van der Waals surface area contributed by atoms with Gasteiger partial charge in [-0.15, -0.1) is 0 Å². The van der Waals surface area contributed by atoms with Gasteiger partial charge in [0, 0.05) is 16.3 Å². The maximum atomic E-state index is 14.6. The van der Waals surface area contributed by atoms with E-state index in [1.165, 1.54) is 0 Å². The highest BCUT2D eigenvalue weighted by Gasteiger charge is 2.35. The number of anilines is 1. The summed E-state index contributed by atoms with van der Waals surface area (Å²) in [5, 5.41) is 7.75. The Kier molecular flexibility index (Phi) is 8.00. The molecule has 0 spiro atoms. The van der Waals surface area contributed by atoms with Gasteiger partial charge in [-0.3, -0.25) is 4.79 Å². The zero-order valence-electron chi connectivity index (χ0n) is 20.5. The van der Waals surface area contributed by atoms with Crippen LogP contribution in [0.15, 0.2) is 146 Å². The number of ketones is 1. The number of nitrogens with one attached hydrogen (secondary N) is 1. The fraction of sp³-hybridized carbons (Fsp3) is 0. The predicted octanol–water partition coefficient (Wildman–Crippen LogP) is 7.13. The summed E-state index contributed by atoms with van der Waals surface area (Å²) in [5.41, 5.74) is 1.36. The Morgan fingerprint density at radius 1 is 0.579 bits per heavy atom. The molecule has 0 aromatic heterocycles. The van der Waals surface area contributed by atoms with E-state index in [1.807, 2.05) is 97.1 Å². The van der Waals surface area contributed by atoms with Crippen molar-refractivity contribution in [3.05, 3.63) is 156 Å². The third-order valence-corrected chi connectivity index (χ3v) is 11.4. The minimum Gasteiger partial charge on any atom is -0.346 e. The van der Waals surface area contributed by atoms with Crippen LogP contribution in [0.3, 0.4) is 0 Å². The summed E-state index contributed by atoms with van der Waals surface area (Å²) >= 11 is 12.3. The molecule has 0 fully saturated rings. The molecule has 1 N–H and O–H groups in total. The Morgan fingerprint density at radius 3 is 1.39 bits per heavy atom. The molecule has 0 saturated heterocycles. The van der Waals surface area contributed by atoms with Crippen LogP contribution in [0.4, 0.5) is 5.69 Å². The van der Waals surface area contributed by atoms with Crippen molar-refractivity contribution in [2.45, 2.75) is 0 Å². The summed E-state index contributed by atoms with van der Waals surface area (Å²) in [4.78, 5) is 15.0. The number of carbonyl (C=O) groups is 1. The van der Waals surface area contributed by atoms with Crippen LogP contribution < -0.4 is 21.2 Å². The van der Waals surface area contributed by atoms with Crippen molar-refractivity contribution in [2.24, 2.45) is 0 Å². The number of thiocarbonyl (C=S) groups is 1. The molecule has 38 heavy (non-hydrogen) atoms. The second-order valence-corrected chi connectivity index (χ2v) is 12.9. The quantitative estimate of drug-likeness (QED) is 0.133. The molecule has 5 aromatic carbocycles. The Bertz CT molecular complexity index is 1500.